The number of carbonyl (C=O) groups excluding carboxylic acids is 1. The lowest BCUT2D eigenvalue weighted by molar-refractivity contribution is -0.148. The Morgan fingerprint density at radius 2 is 1.90 bits per heavy atom. The molecule has 0 aliphatic heterocycles. The SMILES string of the molecule is CCCNC(C)(CC(C)N(CC)CC(C)CC)C(=O)OC. The van der Waals surface area contributed by atoms with E-state index in [1.807, 2.05) is 6.92 Å². The predicted octanol–water partition coefficient (Wildman–Crippen LogP) is 3.06. The lowest BCUT2D eigenvalue weighted by atomic mass is 9.92. The molecule has 0 aliphatic carbocycles. The van der Waals surface area contributed by atoms with Crippen LogP contribution in [0.2, 0.25) is 0 Å². The molecule has 126 valence electrons. The van der Waals surface area contributed by atoms with Gasteiger partial charge in [-0.3, -0.25) is 4.79 Å². The average molecular weight is 300 g/mol. The van der Waals surface area contributed by atoms with E-state index in [0.717, 1.165) is 32.5 Å². The number of hydrogen-bond donors (Lipinski definition) is 1. The van der Waals surface area contributed by atoms with Crippen LogP contribution in [-0.2, 0) is 9.53 Å². The van der Waals surface area contributed by atoms with Crippen molar-refractivity contribution in [1.29, 1.82) is 0 Å². The van der Waals surface area contributed by atoms with E-state index in [-0.39, 0.29) is 5.97 Å². The van der Waals surface area contributed by atoms with Gasteiger partial charge in [-0.05, 0) is 45.7 Å². The first-order chi connectivity index (χ1) is 9.84. The number of nitrogens with one attached hydrogen (secondary N) is 1. The minimum absolute atomic E-state index is 0.164. The maximum atomic E-state index is 12.2. The highest BCUT2D eigenvalue weighted by Gasteiger charge is 2.36. The zero-order valence-electron chi connectivity index (χ0n) is 15.2. The molecule has 0 amide bonds. The normalized spacial score (nSPS) is 17.3. The molecule has 4 nitrogen and oxygen atoms in total. The number of nitrogens with zero attached hydrogens (tertiary/aromatic N) is 1. The Morgan fingerprint density at radius 1 is 1.29 bits per heavy atom. The molecular weight excluding hydrogens is 264 g/mol. The van der Waals surface area contributed by atoms with Gasteiger partial charge in [0.15, 0.2) is 0 Å². The second-order valence-electron chi connectivity index (χ2n) is 6.40. The quantitative estimate of drug-likeness (QED) is 0.595. The molecule has 0 rings (SSSR count). The van der Waals surface area contributed by atoms with Gasteiger partial charge in [0.1, 0.15) is 5.54 Å². The Labute approximate surface area is 131 Å². The Kier molecular flexibility index (Phi) is 9.88. The highest BCUT2D eigenvalue weighted by Crippen LogP contribution is 2.19. The summed E-state index contributed by atoms with van der Waals surface area (Å²) in [6.45, 7) is 15.9. The summed E-state index contributed by atoms with van der Waals surface area (Å²) in [6, 6.07) is 0.345. The maximum Gasteiger partial charge on any atom is 0.325 e. The first kappa shape index (κ1) is 20.4. The van der Waals surface area contributed by atoms with Gasteiger partial charge in [0, 0.05) is 12.6 Å². The van der Waals surface area contributed by atoms with Gasteiger partial charge in [-0.2, -0.15) is 0 Å². The molecule has 0 aromatic carbocycles. The zero-order valence-corrected chi connectivity index (χ0v) is 15.2. The minimum atomic E-state index is -0.604. The minimum Gasteiger partial charge on any atom is -0.468 e. The van der Waals surface area contributed by atoms with Crippen LogP contribution >= 0.6 is 0 Å². The predicted molar refractivity (Wildman–Crippen MR) is 89.5 cm³/mol. The molecule has 0 saturated heterocycles. The topological polar surface area (TPSA) is 41.6 Å². The smallest absolute Gasteiger partial charge is 0.325 e. The number of rotatable bonds is 11. The molecule has 21 heavy (non-hydrogen) atoms. The second kappa shape index (κ2) is 10.2. The molecule has 0 bridgehead atoms. The number of methoxy groups -OCH3 is 1. The van der Waals surface area contributed by atoms with Gasteiger partial charge in [-0.15, -0.1) is 0 Å². The van der Waals surface area contributed by atoms with Crippen molar-refractivity contribution in [2.45, 2.75) is 72.4 Å². The average Bonchev–Trinajstić information content (AvgIpc) is 2.48. The van der Waals surface area contributed by atoms with Gasteiger partial charge in [0.25, 0.3) is 0 Å². The molecular formula is C17H36N2O2. The summed E-state index contributed by atoms with van der Waals surface area (Å²) < 4.78 is 5.01. The Hall–Kier alpha value is -0.610. The van der Waals surface area contributed by atoms with Crippen molar-refractivity contribution in [3.8, 4) is 0 Å². The second-order valence-corrected chi connectivity index (χ2v) is 6.40. The molecule has 3 unspecified atom stereocenters. The Balaban J connectivity index is 4.83. The number of esters is 1. The molecule has 0 radical (unpaired) electrons. The van der Waals surface area contributed by atoms with Crippen LogP contribution < -0.4 is 5.32 Å². The lowest BCUT2D eigenvalue weighted by Gasteiger charge is -2.36. The lowest BCUT2D eigenvalue weighted by Crippen LogP contribution is -2.54. The van der Waals surface area contributed by atoms with Crippen LogP contribution in [0.3, 0.4) is 0 Å². The summed E-state index contributed by atoms with van der Waals surface area (Å²) in [7, 11) is 1.47. The van der Waals surface area contributed by atoms with Crippen molar-refractivity contribution >= 4 is 5.97 Å². The molecule has 0 saturated carbocycles. The molecule has 4 heteroatoms. The summed E-state index contributed by atoms with van der Waals surface area (Å²) in [6.07, 6.45) is 2.96. The van der Waals surface area contributed by atoms with Gasteiger partial charge in [-0.25, -0.2) is 0 Å². The monoisotopic (exact) mass is 300 g/mol. The fourth-order valence-electron chi connectivity index (χ4n) is 2.72. The van der Waals surface area contributed by atoms with Gasteiger partial charge < -0.3 is 15.0 Å². The van der Waals surface area contributed by atoms with E-state index < -0.39 is 5.54 Å². The molecule has 0 fully saturated rings. The molecule has 0 aromatic rings. The third-order valence-electron chi connectivity index (χ3n) is 4.38. The Bertz CT molecular complexity index is 297. The first-order valence-corrected chi connectivity index (χ1v) is 8.42. The van der Waals surface area contributed by atoms with Crippen molar-refractivity contribution < 1.29 is 9.53 Å². The number of hydrogen-bond acceptors (Lipinski definition) is 4. The molecule has 0 aromatic heterocycles. The highest BCUT2D eigenvalue weighted by atomic mass is 16.5. The fourth-order valence-corrected chi connectivity index (χ4v) is 2.72. The van der Waals surface area contributed by atoms with Crippen LogP contribution in [0.25, 0.3) is 0 Å². The van der Waals surface area contributed by atoms with E-state index in [4.69, 9.17) is 4.74 Å². The summed E-state index contributed by atoms with van der Waals surface area (Å²) in [5.74, 6) is 0.516. The fraction of sp³-hybridized carbons (Fsp3) is 0.941. The van der Waals surface area contributed by atoms with Crippen molar-refractivity contribution in [1.82, 2.24) is 10.2 Å². The summed E-state index contributed by atoms with van der Waals surface area (Å²) in [4.78, 5) is 14.6. The third-order valence-corrected chi connectivity index (χ3v) is 4.38. The highest BCUT2D eigenvalue weighted by molar-refractivity contribution is 5.80. The van der Waals surface area contributed by atoms with Crippen LogP contribution in [0.5, 0.6) is 0 Å². The van der Waals surface area contributed by atoms with Gasteiger partial charge >= 0.3 is 5.97 Å². The summed E-state index contributed by atoms with van der Waals surface area (Å²) in [5, 5.41) is 3.37. The summed E-state index contributed by atoms with van der Waals surface area (Å²) in [5.41, 5.74) is -0.604. The standard InChI is InChI=1S/C17H36N2O2/c1-8-11-18-17(6,16(20)21-7)12-15(5)19(10-3)13-14(4)9-2/h14-15,18H,8-13H2,1-7H3. The van der Waals surface area contributed by atoms with E-state index in [9.17, 15) is 4.79 Å². The Morgan fingerprint density at radius 3 is 2.33 bits per heavy atom. The molecule has 0 heterocycles. The molecule has 0 spiro atoms. The number of ether oxygens (including phenoxy) is 1. The molecule has 1 N–H and O–H groups in total. The van der Waals surface area contributed by atoms with Gasteiger partial charge in [-0.1, -0.05) is 34.1 Å². The van der Waals surface area contributed by atoms with Crippen LogP contribution in [-0.4, -0.2) is 49.2 Å². The zero-order chi connectivity index (χ0) is 16.5. The largest absolute Gasteiger partial charge is 0.468 e. The first-order valence-electron chi connectivity index (χ1n) is 8.42. The van der Waals surface area contributed by atoms with Crippen molar-refractivity contribution in [2.75, 3.05) is 26.7 Å². The van der Waals surface area contributed by atoms with Crippen molar-refractivity contribution in [3.63, 3.8) is 0 Å². The van der Waals surface area contributed by atoms with Gasteiger partial charge in [0.2, 0.25) is 0 Å². The third kappa shape index (κ3) is 6.79. The molecule has 3 atom stereocenters. The van der Waals surface area contributed by atoms with E-state index >= 15 is 0 Å². The van der Waals surface area contributed by atoms with Gasteiger partial charge in [0.05, 0.1) is 7.11 Å². The van der Waals surface area contributed by atoms with Crippen LogP contribution in [0.4, 0.5) is 0 Å². The van der Waals surface area contributed by atoms with Crippen LogP contribution in [0, 0.1) is 5.92 Å². The van der Waals surface area contributed by atoms with Crippen molar-refractivity contribution in [2.24, 2.45) is 5.92 Å². The maximum absolute atomic E-state index is 12.2. The summed E-state index contributed by atoms with van der Waals surface area (Å²) >= 11 is 0. The van der Waals surface area contributed by atoms with Crippen molar-refractivity contribution in [3.05, 3.63) is 0 Å². The van der Waals surface area contributed by atoms with E-state index in [0.29, 0.717) is 12.0 Å². The number of carbonyl (C=O) groups is 1. The van der Waals surface area contributed by atoms with Crippen LogP contribution in [0.15, 0.2) is 0 Å². The van der Waals surface area contributed by atoms with E-state index in [1.165, 1.54) is 13.5 Å². The molecule has 0 aliphatic rings. The van der Waals surface area contributed by atoms with E-state index in [2.05, 4.69) is 44.8 Å². The van der Waals surface area contributed by atoms with E-state index in [1.54, 1.807) is 0 Å². The van der Waals surface area contributed by atoms with Crippen LogP contribution in [0.1, 0.15) is 60.8 Å².